The Morgan fingerprint density at radius 2 is 1.26 bits per heavy atom. The molecule has 5 heteroatoms. The van der Waals surface area contributed by atoms with Crippen LogP contribution < -0.4 is 9.47 Å². The van der Waals surface area contributed by atoms with Crippen LogP contribution in [0.4, 0.5) is 0 Å². The Labute approximate surface area is 176 Å². The van der Waals surface area contributed by atoms with Crippen molar-refractivity contribution < 1.29 is 14.3 Å². The van der Waals surface area contributed by atoms with Crippen LogP contribution in [0.5, 0.6) is 11.5 Å². The minimum Gasteiger partial charge on any atom is -0.496 e. The smallest absolute Gasteiger partial charge is 0.185 e. The van der Waals surface area contributed by atoms with Gasteiger partial charge in [-0.15, -0.1) is 0 Å². The van der Waals surface area contributed by atoms with E-state index in [2.05, 4.69) is 31.9 Å². The molecule has 1 aliphatic carbocycles. The van der Waals surface area contributed by atoms with E-state index in [4.69, 9.17) is 9.47 Å². The summed E-state index contributed by atoms with van der Waals surface area (Å²) >= 11 is 6.99. The molecule has 0 heterocycles. The van der Waals surface area contributed by atoms with Gasteiger partial charge >= 0.3 is 0 Å². The van der Waals surface area contributed by atoms with Gasteiger partial charge in [0.1, 0.15) is 11.5 Å². The van der Waals surface area contributed by atoms with Crippen LogP contribution in [-0.2, 0) is 4.79 Å². The van der Waals surface area contributed by atoms with Crippen molar-refractivity contribution in [2.75, 3.05) is 14.2 Å². The molecule has 3 rings (SSSR count). The normalized spacial score (nSPS) is 17.4. The summed E-state index contributed by atoms with van der Waals surface area (Å²) in [4.78, 5) is 12.9. The van der Waals surface area contributed by atoms with Gasteiger partial charge in [0.05, 0.1) is 23.2 Å². The SMILES string of the molecule is COc1ccc(/C=C2/CCC/C(=C\c3ccc(OC)c(Br)c3)C2=O)cc1Br. The molecule has 0 unspecified atom stereocenters. The summed E-state index contributed by atoms with van der Waals surface area (Å²) in [6, 6.07) is 11.7. The third kappa shape index (κ3) is 4.71. The number of rotatable bonds is 4. The molecule has 3 nitrogen and oxygen atoms in total. The van der Waals surface area contributed by atoms with Crippen LogP contribution in [0.1, 0.15) is 30.4 Å². The second-order valence-corrected chi connectivity index (χ2v) is 8.02. The molecule has 140 valence electrons. The molecule has 1 fully saturated rings. The lowest BCUT2D eigenvalue weighted by molar-refractivity contribution is -0.112. The molecule has 1 aliphatic rings. The number of ether oxygens (including phenoxy) is 2. The first-order valence-electron chi connectivity index (χ1n) is 8.64. The largest absolute Gasteiger partial charge is 0.496 e. The van der Waals surface area contributed by atoms with Gasteiger partial charge in [-0.25, -0.2) is 0 Å². The minimum atomic E-state index is 0.125. The number of ketones is 1. The van der Waals surface area contributed by atoms with Crippen molar-refractivity contribution >= 4 is 49.8 Å². The molecule has 0 aromatic heterocycles. The molecule has 0 aliphatic heterocycles. The molecule has 0 atom stereocenters. The van der Waals surface area contributed by atoms with Gasteiger partial charge in [0.15, 0.2) is 5.78 Å². The van der Waals surface area contributed by atoms with Crippen molar-refractivity contribution in [3.8, 4) is 11.5 Å². The fourth-order valence-electron chi connectivity index (χ4n) is 3.13. The predicted octanol–water partition coefficient (Wildman–Crippen LogP) is 6.45. The Balaban J connectivity index is 1.87. The number of allylic oxidation sites excluding steroid dienone is 2. The average molecular weight is 492 g/mol. The van der Waals surface area contributed by atoms with E-state index in [-0.39, 0.29) is 5.78 Å². The number of hydrogen-bond donors (Lipinski definition) is 0. The summed E-state index contributed by atoms with van der Waals surface area (Å²) in [6.07, 6.45) is 6.52. The van der Waals surface area contributed by atoms with E-state index in [1.807, 2.05) is 48.6 Å². The number of hydrogen-bond acceptors (Lipinski definition) is 3. The molecule has 0 saturated heterocycles. The van der Waals surface area contributed by atoms with Gasteiger partial charge in [-0.2, -0.15) is 0 Å². The zero-order chi connectivity index (χ0) is 19.4. The minimum absolute atomic E-state index is 0.125. The lowest BCUT2D eigenvalue weighted by atomic mass is 9.87. The maximum Gasteiger partial charge on any atom is 0.185 e. The van der Waals surface area contributed by atoms with E-state index in [9.17, 15) is 4.79 Å². The standard InChI is InChI=1S/C22H20Br2O3/c1-26-20-8-6-14(12-18(20)23)10-16-4-3-5-17(22(16)25)11-15-7-9-21(27-2)19(24)13-15/h6-13H,3-5H2,1-2H3/b16-10-,17-11+. The summed E-state index contributed by atoms with van der Waals surface area (Å²) in [6.45, 7) is 0. The van der Waals surface area contributed by atoms with Gasteiger partial charge in [0.2, 0.25) is 0 Å². The maximum atomic E-state index is 12.9. The molecule has 0 spiro atoms. The lowest BCUT2D eigenvalue weighted by Gasteiger charge is -2.17. The highest BCUT2D eigenvalue weighted by Gasteiger charge is 2.20. The summed E-state index contributed by atoms with van der Waals surface area (Å²) < 4.78 is 12.3. The molecule has 0 radical (unpaired) electrons. The Hall–Kier alpha value is -1.85. The second-order valence-electron chi connectivity index (χ2n) is 6.31. The van der Waals surface area contributed by atoms with Crippen LogP contribution in [0.2, 0.25) is 0 Å². The third-order valence-corrected chi connectivity index (χ3v) is 5.75. The molecule has 27 heavy (non-hydrogen) atoms. The van der Waals surface area contributed by atoms with Crippen molar-refractivity contribution in [2.45, 2.75) is 19.3 Å². The summed E-state index contributed by atoms with van der Waals surface area (Å²) in [5.41, 5.74) is 3.66. The quantitative estimate of drug-likeness (QED) is 0.461. The number of benzene rings is 2. The van der Waals surface area contributed by atoms with Crippen LogP contribution in [0.25, 0.3) is 12.2 Å². The van der Waals surface area contributed by atoms with Crippen molar-refractivity contribution in [2.24, 2.45) is 0 Å². The summed E-state index contributed by atoms with van der Waals surface area (Å²) in [7, 11) is 3.27. The Bertz CT molecular complexity index is 856. The van der Waals surface area contributed by atoms with Crippen LogP contribution in [-0.4, -0.2) is 20.0 Å². The first-order chi connectivity index (χ1) is 13.0. The topological polar surface area (TPSA) is 35.5 Å². The maximum absolute atomic E-state index is 12.9. The van der Waals surface area contributed by atoms with Crippen LogP contribution in [0, 0.1) is 0 Å². The van der Waals surface area contributed by atoms with E-state index in [0.717, 1.165) is 62.0 Å². The molecule has 0 bridgehead atoms. The number of carbonyl (C=O) groups is 1. The first-order valence-corrected chi connectivity index (χ1v) is 10.2. The second kappa shape index (κ2) is 8.89. The van der Waals surface area contributed by atoms with E-state index in [0.29, 0.717) is 0 Å². The zero-order valence-electron chi connectivity index (χ0n) is 15.2. The Kier molecular flexibility index (Phi) is 6.55. The summed E-state index contributed by atoms with van der Waals surface area (Å²) in [5.74, 6) is 1.68. The average Bonchev–Trinajstić information content (AvgIpc) is 2.65. The first kappa shape index (κ1) is 19.9. The molecule has 2 aromatic rings. The molecule has 1 saturated carbocycles. The third-order valence-electron chi connectivity index (χ3n) is 4.51. The number of methoxy groups -OCH3 is 2. The fourth-order valence-corrected chi connectivity index (χ4v) is 4.24. The lowest BCUT2D eigenvalue weighted by Crippen LogP contribution is -2.12. The number of halogens is 2. The van der Waals surface area contributed by atoms with E-state index in [1.165, 1.54) is 0 Å². The van der Waals surface area contributed by atoms with Gasteiger partial charge in [0, 0.05) is 11.1 Å². The highest BCUT2D eigenvalue weighted by molar-refractivity contribution is 9.10. The van der Waals surface area contributed by atoms with Gasteiger partial charge in [0.25, 0.3) is 0 Å². The molecular weight excluding hydrogens is 472 g/mol. The monoisotopic (exact) mass is 490 g/mol. The van der Waals surface area contributed by atoms with Gasteiger partial charge in [-0.1, -0.05) is 12.1 Å². The van der Waals surface area contributed by atoms with Gasteiger partial charge in [-0.05, 0) is 98.7 Å². The molecular formula is C22H20Br2O3. The number of Topliss-reactive ketones (excluding diaryl/α,β-unsaturated/α-hetero) is 1. The van der Waals surface area contributed by atoms with Crippen LogP contribution in [0.3, 0.4) is 0 Å². The van der Waals surface area contributed by atoms with Crippen molar-refractivity contribution in [3.63, 3.8) is 0 Å². The molecule has 2 aromatic carbocycles. The van der Waals surface area contributed by atoms with E-state index in [1.54, 1.807) is 14.2 Å². The van der Waals surface area contributed by atoms with Crippen molar-refractivity contribution in [1.29, 1.82) is 0 Å². The van der Waals surface area contributed by atoms with Crippen molar-refractivity contribution in [3.05, 3.63) is 67.6 Å². The van der Waals surface area contributed by atoms with E-state index >= 15 is 0 Å². The van der Waals surface area contributed by atoms with E-state index < -0.39 is 0 Å². The van der Waals surface area contributed by atoms with Crippen molar-refractivity contribution in [1.82, 2.24) is 0 Å². The Morgan fingerprint density at radius 3 is 1.63 bits per heavy atom. The fraction of sp³-hybridized carbons (Fsp3) is 0.227. The summed E-state index contributed by atoms with van der Waals surface area (Å²) in [5, 5.41) is 0. The molecule has 0 N–H and O–H groups in total. The predicted molar refractivity (Wildman–Crippen MR) is 116 cm³/mol. The van der Waals surface area contributed by atoms with Gasteiger partial charge < -0.3 is 9.47 Å². The van der Waals surface area contributed by atoms with Crippen LogP contribution in [0.15, 0.2) is 56.5 Å². The molecule has 0 amide bonds. The van der Waals surface area contributed by atoms with Gasteiger partial charge in [-0.3, -0.25) is 4.79 Å². The highest BCUT2D eigenvalue weighted by Crippen LogP contribution is 2.32. The highest BCUT2D eigenvalue weighted by atomic mass is 79.9. The zero-order valence-corrected chi connectivity index (χ0v) is 18.4. The van der Waals surface area contributed by atoms with Crippen LogP contribution >= 0.6 is 31.9 Å². The Morgan fingerprint density at radius 1 is 0.815 bits per heavy atom. The number of carbonyl (C=O) groups excluding carboxylic acids is 1.